The Labute approximate surface area is 92.7 Å². The van der Waals surface area contributed by atoms with Crippen molar-refractivity contribution in [2.24, 2.45) is 0 Å². The van der Waals surface area contributed by atoms with E-state index in [1.54, 1.807) is 48.7 Å². The minimum atomic E-state index is -0.374. The summed E-state index contributed by atoms with van der Waals surface area (Å²) in [5, 5.41) is 13.9. The summed E-state index contributed by atoms with van der Waals surface area (Å²) < 4.78 is 0. The highest BCUT2D eigenvalue weighted by Gasteiger charge is 2.19. The van der Waals surface area contributed by atoms with E-state index in [4.69, 9.17) is 0 Å². The number of nitrogens with zero attached hydrogens (tertiary/aromatic N) is 1. The van der Waals surface area contributed by atoms with Crippen molar-refractivity contribution < 1.29 is 4.92 Å². The molecule has 4 heteroatoms. The molecule has 0 aliphatic carbocycles. The number of dihydropyridines is 1. The zero-order valence-electron chi connectivity index (χ0n) is 8.46. The smallest absolute Gasteiger partial charge is 0.299 e. The predicted octanol–water partition coefficient (Wildman–Crippen LogP) is 2.31. The number of rotatable bonds is 2. The van der Waals surface area contributed by atoms with Crippen LogP contribution in [0.4, 0.5) is 0 Å². The topological polar surface area (TPSA) is 55.2 Å². The normalized spacial score (nSPS) is 16.8. The van der Waals surface area contributed by atoms with Gasteiger partial charge in [-0.15, -0.1) is 0 Å². The van der Waals surface area contributed by atoms with Crippen molar-refractivity contribution in [2.75, 3.05) is 0 Å². The first kappa shape index (κ1) is 10.2. The van der Waals surface area contributed by atoms with Crippen LogP contribution in [0.3, 0.4) is 0 Å². The molecule has 2 rings (SSSR count). The van der Waals surface area contributed by atoms with Crippen LogP contribution in [-0.4, -0.2) is 4.92 Å². The first-order valence-electron chi connectivity index (χ1n) is 4.83. The van der Waals surface area contributed by atoms with Crippen molar-refractivity contribution in [3.63, 3.8) is 0 Å². The molecule has 0 aromatic heterocycles. The van der Waals surface area contributed by atoms with E-state index < -0.39 is 0 Å². The molecule has 1 aromatic rings. The van der Waals surface area contributed by atoms with Gasteiger partial charge >= 0.3 is 0 Å². The summed E-state index contributed by atoms with van der Waals surface area (Å²) in [6.07, 6.45) is 6.90. The van der Waals surface area contributed by atoms with Crippen LogP contribution in [0.15, 0.2) is 60.5 Å². The van der Waals surface area contributed by atoms with Crippen LogP contribution >= 0.6 is 0 Å². The van der Waals surface area contributed by atoms with E-state index in [0.717, 1.165) is 0 Å². The molecule has 1 aliphatic heterocycles. The van der Waals surface area contributed by atoms with E-state index in [-0.39, 0.29) is 10.6 Å². The second-order valence-corrected chi connectivity index (χ2v) is 3.25. The molecule has 0 saturated carbocycles. The van der Waals surface area contributed by atoms with Crippen LogP contribution in [0.5, 0.6) is 0 Å². The van der Waals surface area contributed by atoms with Gasteiger partial charge in [-0.2, -0.15) is 0 Å². The molecule has 0 saturated heterocycles. The predicted molar refractivity (Wildman–Crippen MR) is 61.8 cm³/mol. The summed E-state index contributed by atoms with van der Waals surface area (Å²) in [6, 6.07) is 8.83. The third-order valence-corrected chi connectivity index (χ3v) is 2.19. The summed E-state index contributed by atoms with van der Waals surface area (Å²) in [5.74, 6) is 0. The molecule has 0 amide bonds. The molecule has 80 valence electrons. The highest BCUT2D eigenvalue weighted by molar-refractivity contribution is 5.64. The number of hydrogen-bond acceptors (Lipinski definition) is 3. The van der Waals surface area contributed by atoms with Crippen molar-refractivity contribution in [1.29, 1.82) is 0 Å². The van der Waals surface area contributed by atoms with Crippen molar-refractivity contribution >= 4 is 5.70 Å². The van der Waals surface area contributed by atoms with E-state index in [1.165, 1.54) is 0 Å². The number of benzene rings is 1. The highest BCUT2D eigenvalue weighted by Crippen LogP contribution is 2.19. The third kappa shape index (κ3) is 2.00. The maximum Gasteiger partial charge on any atom is 0.299 e. The summed E-state index contributed by atoms with van der Waals surface area (Å²) in [7, 11) is 0. The van der Waals surface area contributed by atoms with E-state index in [9.17, 15) is 10.1 Å². The number of allylic oxidation sites excluding steroid dienone is 3. The molecule has 16 heavy (non-hydrogen) atoms. The van der Waals surface area contributed by atoms with Gasteiger partial charge in [0.15, 0.2) is 0 Å². The fraction of sp³-hybridized carbons (Fsp3) is 0. The lowest BCUT2D eigenvalue weighted by molar-refractivity contribution is -0.376. The van der Waals surface area contributed by atoms with Crippen molar-refractivity contribution in [2.45, 2.75) is 0 Å². The second-order valence-electron chi connectivity index (χ2n) is 3.25. The highest BCUT2D eigenvalue weighted by atomic mass is 16.6. The van der Waals surface area contributed by atoms with Crippen LogP contribution in [-0.2, 0) is 0 Å². The summed E-state index contributed by atoms with van der Waals surface area (Å²) in [6.45, 7) is 0. The van der Waals surface area contributed by atoms with Gasteiger partial charge in [-0.25, -0.2) is 0 Å². The zero-order valence-corrected chi connectivity index (χ0v) is 8.46. The molecule has 1 heterocycles. The molecule has 1 aliphatic rings. The van der Waals surface area contributed by atoms with Gasteiger partial charge in [-0.3, -0.25) is 10.1 Å². The van der Waals surface area contributed by atoms with Gasteiger partial charge < -0.3 is 5.32 Å². The van der Waals surface area contributed by atoms with Gasteiger partial charge in [-0.05, 0) is 24.3 Å². The Morgan fingerprint density at radius 2 is 1.94 bits per heavy atom. The fourth-order valence-corrected chi connectivity index (χ4v) is 1.50. The molecule has 0 spiro atoms. The first-order chi connectivity index (χ1) is 7.79. The minimum Gasteiger partial charge on any atom is -0.356 e. The lowest BCUT2D eigenvalue weighted by atomic mass is 10.1. The number of nitro groups is 1. The summed E-state index contributed by atoms with van der Waals surface area (Å²) in [5.41, 5.74) is 1.18. The Morgan fingerprint density at radius 1 is 1.19 bits per heavy atom. The Hall–Kier alpha value is -2.36. The number of hydrogen-bond donors (Lipinski definition) is 1. The van der Waals surface area contributed by atoms with Crippen LogP contribution in [0, 0.1) is 10.1 Å². The Bertz CT molecular complexity index is 487. The second kappa shape index (κ2) is 4.44. The molecule has 0 radical (unpaired) electrons. The van der Waals surface area contributed by atoms with Gasteiger partial charge in [0.1, 0.15) is 5.70 Å². The average Bonchev–Trinajstić information content (AvgIpc) is 2.31. The number of nitrogens with one attached hydrogen (secondary N) is 1. The van der Waals surface area contributed by atoms with Crippen LogP contribution < -0.4 is 5.32 Å². The van der Waals surface area contributed by atoms with Gasteiger partial charge in [0, 0.05) is 6.20 Å². The standard InChI is InChI=1S/C12H10N2O2/c15-14(16)12(10-6-2-1-3-7-10)11-8-4-5-9-13-11/h1-9,13H. The van der Waals surface area contributed by atoms with Crippen LogP contribution in [0.2, 0.25) is 0 Å². The minimum absolute atomic E-state index is 0.0844. The maximum atomic E-state index is 11.0. The Balaban J connectivity index is 2.50. The molecule has 0 atom stereocenters. The Kier molecular flexibility index (Phi) is 2.82. The molecule has 0 unspecified atom stereocenters. The quantitative estimate of drug-likeness (QED) is 0.607. The van der Waals surface area contributed by atoms with Crippen molar-refractivity contribution in [1.82, 2.24) is 5.32 Å². The lowest BCUT2D eigenvalue weighted by Gasteiger charge is -2.07. The first-order valence-corrected chi connectivity index (χ1v) is 4.83. The molecular weight excluding hydrogens is 204 g/mol. The van der Waals surface area contributed by atoms with E-state index in [2.05, 4.69) is 5.32 Å². The molecular formula is C12H10N2O2. The van der Waals surface area contributed by atoms with Gasteiger partial charge in [-0.1, -0.05) is 24.3 Å². The average molecular weight is 214 g/mol. The Morgan fingerprint density at radius 3 is 2.50 bits per heavy atom. The lowest BCUT2D eigenvalue weighted by Crippen LogP contribution is -2.12. The zero-order chi connectivity index (χ0) is 11.4. The van der Waals surface area contributed by atoms with Crippen LogP contribution in [0.1, 0.15) is 5.56 Å². The largest absolute Gasteiger partial charge is 0.356 e. The van der Waals surface area contributed by atoms with E-state index in [0.29, 0.717) is 11.3 Å². The van der Waals surface area contributed by atoms with Crippen molar-refractivity contribution in [3.05, 3.63) is 76.1 Å². The molecule has 4 nitrogen and oxygen atoms in total. The van der Waals surface area contributed by atoms with Gasteiger partial charge in [0.2, 0.25) is 0 Å². The van der Waals surface area contributed by atoms with Crippen LogP contribution in [0.25, 0.3) is 5.70 Å². The van der Waals surface area contributed by atoms with Crippen molar-refractivity contribution in [3.8, 4) is 0 Å². The van der Waals surface area contributed by atoms with E-state index >= 15 is 0 Å². The van der Waals surface area contributed by atoms with Gasteiger partial charge in [0.25, 0.3) is 5.70 Å². The maximum absolute atomic E-state index is 11.0. The molecule has 1 N–H and O–H groups in total. The fourth-order valence-electron chi connectivity index (χ4n) is 1.50. The van der Waals surface area contributed by atoms with E-state index in [1.807, 2.05) is 6.07 Å². The SMILES string of the molecule is O=[N+]([O-])C(=C1C=CC=CN1)c1ccccc1. The molecule has 1 aromatic carbocycles. The monoisotopic (exact) mass is 214 g/mol. The summed E-state index contributed by atoms with van der Waals surface area (Å²) >= 11 is 0. The molecule has 0 fully saturated rings. The molecule has 0 bridgehead atoms. The third-order valence-electron chi connectivity index (χ3n) is 2.19. The summed E-state index contributed by atoms with van der Waals surface area (Å²) in [4.78, 5) is 10.7. The van der Waals surface area contributed by atoms with Gasteiger partial charge in [0.05, 0.1) is 10.5 Å².